The van der Waals surface area contributed by atoms with E-state index in [0.29, 0.717) is 10.6 Å². The zero-order valence-electron chi connectivity index (χ0n) is 9.41. The molecule has 0 fully saturated rings. The van der Waals surface area contributed by atoms with Crippen LogP contribution in [0.2, 0.25) is 0 Å². The van der Waals surface area contributed by atoms with E-state index >= 15 is 0 Å². The van der Waals surface area contributed by atoms with Crippen LogP contribution >= 0.6 is 11.3 Å². The second-order valence-electron chi connectivity index (χ2n) is 3.72. The number of hydrogen-bond donors (Lipinski definition) is 0. The normalized spacial score (nSPS) is 10.0. The van der Waals surface area contributed by atoms with Crippen LogP contribution in [0.1, 0.15) is 9.67 Å². The maximum Gasteiger partial charge on any atom is 0.263 e. The topological polar surface area (TPSA) is 69.1 Å². The Bertz CT molecular complexity index is 625. The monoisotopic (exact) mass is 246 g/mol. The number of azide groups is 1. The fourth-order valence-electron chi connectivity index (χ4n) is 1.47. The van der Waals surface area contributed by atoms with Gasteiger partial charge >= 0.3 is 0 Å². The maximum atomic E-state index is 11.8. The van der Waals surface area contributed by atoms with Crippen LogP contribution in [0.15, 0.2) is 29.4 Å². The van der Waals surface area contributed by atoms with E-state index in [2.05, 4.69) is 10.0 Å². The minimum Gasteiger partial charge on any atom is -0.344 e. The van der Waals surface area contributed by atoms with Crippen molar-refractivity contribution in [3.8, 4) is 0 Å². The lowest BCUT2D eigenvalue weighted by Gasteiger charge is -2.06. The van der Waals surface area contributed by atoms with Crippen molar-refractivity contribution < 1.29 is 4.79 Å². The molecule has 1 aromatic carbocycles. The third-order valence-electron chi connectivity index (χ3n) is 2.28. The highest BCUT2D eigenvalue weighted by molar-refractivity contribution is 7.20. The molecule has 0 radical (unpaired) electrons. The van der Waals surface area contributed by atoms with Gasteiger partial charge in [0.1, 0.15) is 0 Å². The summed E-state index contributed by atoms with van der Waals surface area (Å²) < 4.78 is 1.01. The van der Waals surface area contributed by atoms with Gasteiger partial charge in [-0.2, -0.15) is 0 Å². The molecule has 0 saturated carbocycles. The molecular formula is C11H10N4OS. The first-order chi connectivity index (χ1) is 8.11. The Kier molecular flexibility index (Phi) is 2.99. The highest BCUT2D eigenvalue weighted by Crippen LogP contribution is 2.29. The molecule has 0 aliphatic carbocycles. The Morgan fingerprint density at radius 3 is 2.82 bits per heavy atom. The zero-order valence-corrected chi connectivity index (χ0v) is 10.2. The predicted molar refractivity (Wildman–Crippen MR) is 68.6 cm³/mol. The molecule has 0 atom stereocenters. The summed E-state index contributed by atoms with van der Waals surface area (Å²) in [5, 5.41) is 4.46. The van der Waals surface area contributed by atoms with Crippen molar-refractivity contribution in [2.45, 2.75) is 0 Å². The number of hydrogen-bond acceptors (Lipinski definition) is 3. The van der Waals surface area contributed by atoms with Gasteiger partial charge in [-0.05, 0) is 29.1 Å². The van der Waals surface area contributed by atoms with E-state index in [4.69, 9.17) is 5.53 Å². The van der Waals surface area contributed by atoms with Gasteiger partial charge in [0.2, 0.25) is 0 Å². The lowest BCUT2D eigenvalue weighted by molar-refractivity contribution is 0.0832. The molecule has 1 amide bonds. The van der Waals surface area contributed by atoms with Crippen molar-refractivity contribution in [2.24, 2.45) is 5.11 Å². The first-order valence-corrected chi connectivity index (χ1v) is 5.74. The van der Waals surface area contributed by atoms with Crippen LogP contribution in [0, 0.1) is 0 Å². The minimum absolute atomic E-state index is 0.0171. The Balaban J connectivity index is 2.50. The van der Waals surface area contributed by atoms with E-state index in [1.54, 1.807) is 31.1 Å². The highest BCUT2D eigenvalue weighted by atomic mass is 32.1. The average molecular weight is 246 g/mol. The molecule has 0 N–H and O–H groups in total. The summed E-state index contributed by atoms with van der Waals surface area (Å²) in [6.07, 6.45) is 0. The predicted octanol–water partition coefficient (Wildman–Crippen LogP) is 3.54. The van der Waals surface area contributed by atoms with Gasteiger partial charge in [0, 0.05) is 29.4 Å². The molecule has 0 aliphatic rings. The number of carbonyl (C=O) groups is 1. The smallest absolute Gasteiger partial charge is 0.263 e. The first kappa shape index (κ1) is 11.4. The number of amides is 1. The molecule has 6 heteroatoms. The quantitative estimate of drug-likeness (QED) is 0.454. The molecule has 0 unspecified atom stereocenters. The first-order valence-electron chi connectivity index (χ1n) is 4.92. The summed E-state index contributed by atoms with van der Waals surface area (Å²) in [5.74, 6) is -0.0171. The molecular weight excluding hydrogens is 236 g/mol. The van der Waals surface area contributed by atoms with Gasteiger partial charge in [0.25, 0.3) is 5.91 Å². The van der Waals surface area contributed by atoms with Crippen molar-refractivity contribution in [1.29, 1.82) is 0 Å². The summed E-state index contributed by atoms with van der Waals surface area (Å²) >= 11 is 1.43. The number of nitrogens with zero attached hydrogens (tertiary/aromatic N) is 4. The number of benzene rings is 1. The molecule has 2 rings (SSSR count). The highest BCUT2D eigenvalue weighted by Gasteiger charge is 2.11. The Labute approximate surface area is 102 Å². The third-order valence-corrected chi connectivity index (χ3v) is 3.38. The van der Waals surface area contributed by atoms with Crippen molar-refractivity contribution in [3.05, 3.63) is 39.6 Å². The molecule has 2 aromatic rings. The molecule has 86 valence electrons. The number of fused-ring (bicyclic) bond motifs is 1. The fourth-order valence-corrected chi connectivity index (χ4v) is 2.53. The average Bonchev–Trinajstić information content (AvgIpc) is 2.71. The van der Waals surface area contributed by atoms with Gasteiger partial charge < -0.3 is 4.90 Å². The van der Waals surface area contributed by atoms with Crippen LogP contribution in [0.25, 0.3) is 20.5 Å². The standard InChI is InChI=1S/C11H10N4OS/c1-15(2)11(16)10-6-7-5-8(13-14-12)3-4-9(7)17-10/h3-6H,1-2H3. The van der Waals surface area contributed by atoms with Crippen molar-refractivity contribution in [1.82, 2.24) is 4.90 Å². The summed E-state index contributed by atoms with van der Waals surface area (Å²) in [6, 6.07) is 7.19. The van der Waals surface area contributed by atoms with Gasteiger partial charge in [-0.15, -0.1) is 11.3 Å². The lowest BCUT2D eigenvalue weighted by Crippen LogP contribution is -2.20. The van der Waals surface area contributed by atoms with Crippen LogP contribution < -0.4 is 0 Å². The van der Waals surface area contributed by atoms with Gasteiger partial charge in [0.15, 0.2) is 0 Å². The number of carbonyl (C=O) groups excluding carboxylic acids is 1. The van der Waals surface area contributed by atoms with E-state index in [-0.39, 0.29) is 5.91 Å². The summed E-state index contributed by atoms with van der Waals surface area (Å²) in [7, 11) is 3.44. The van der Waals surface area contributed by atoms with Gasteiger partial charge in [-0.1, -0.05) is 11.2 Å². The molecule has 17 heavy (non-hydrogen) atoms. The maximum absolute atomic E-state index is 11.8. The molecule has 0 aliphatic heterocycles. The SMILES string of the molecule is CN(C)C(=O)c1cc2cc(N=[N+]=[N-])ccc2s1. The van der Waals surface area contributed by atoms with Crippen LogP contribution in [-0.2, 0) is 0 Å². The fraction of sp³-hybridized carbons (Fsp3) is 0.182. The van der Waals surface area contributed by atoms with E-state index in [9.17, 15) is 4.79 Å². The largest absolute Gasteiger partial charge is 0.344 e. The third kappa shape index (κ3) is 2.22. The van der Waals surface area contributed by atoms with Crippen LogP contribution in [0.3, 0.4) is 0 Å². The van der Waals surface area contributed by atoms with E-state index in [1.165, 1.54) is 11.3 Å². The Hall–Kier alpha value is -2.04. The Morgan fingerprint density at radius 2 is 2.18 bits per heavy atom. The van der Waals surface area contributed by atoms with E-state index in [1.807, 2.05) is 12.1 Å². The molecule has 0 spiro atoms. The summed E-state index contributed by atoms with van der Waals surface area (Å²) in [5.41, 5.74) is 8.92. The molecule has 0 bridgehead atoms. The molecule has 0 saturated heterocycles. The van der Waals surface area contributed by atoms with Crippen molar-refractivity contribution >= 4 is 33.0 Å². The number of thiophene rings is 1. The van der Waals surface area contributed by atoms with Crippen LogP contribution in [0.5, 0.6) is 0 Å². The summed E-state index contributed by atoms with van der Waals surface area (Å²) in [4.78, 5) is 16.7. The molecule has 5 nitrogen and oxygen atoms in total. The zero-order chi connectivity index (χ0) is 12.4. The van der Waals surface area contributed by atoms with Crippen LogP contribution in [0.4, 0.5) is 5.69 Å². The second-order valence-corrected chi connectivity index (χ2v) is 4.81. The Morgan fingerprint density at radius 1 is 1.41 bits per heavy atom. The lowest BCUT2D eigenvalue weighted by atomic mass is 10.2. The van der Waals surface area contributed by atoms with Gasteiger partial charge in [-0.3, -0.25) is 4.79 Å². The van der Waals surface area contributed by atoms with Gasteiger partial charge in [0.05, 0.1) is 4.88 Å². The van der Waals surface area contributed by atoms with E-state index < -0.39 is 0 Å². The van der Waals surface area contributed by atoms with Crippen LogP contribution in [-0.4, -0.2) is 24.9 Å². The molecule has 1 heterocycles. The van der Waals surface area contributed by atoms with E-state index in [0.717, 1.165) is 10.1 Å². The molecule has 1 aromatic heterocycles. The minimum atomic E-state index is -0.0171. The van der Waals surface area contributed by atoms with Crippen molar-refractivity contribution in [2.75, 3.05) is 14.1 Å². The van der Waals surface area contributed by atoms with Crippen molar-refractivity contribution in [3.63, 3.8) is 0 Å². The van der Waals surface area contributed by atoms with Gasteiger partial charge in [-0.25, -0.2) is 0 Å². The summed E-state index contributed by atoms with van der Waals surface area (Å²) in [6.45, 7) is 0. The number of rotatable bonds is 2. The second kappa shape index (κ2) is 4.45.